The van der Waals surface area contributed by atoms with Gasteiger partial charge in [-0.3, -0.25) is 4.79 Å². The number of carbonyl (C=O) groups is 1. The number of rotatable bonds is 7. The molecule has 0 bridgehead atoms. The molecule has 1 unspecified atom stereocenters. The van der Waals surface area contributed by atoms with Crippen molar-refractivity contribution in [1.29, 1.82) is 0 Å². The Hall–Kier alpha value is -2.34. The third kappa shape index (κ3) is 4.93. The second-order valence-corrected chi connectivity index (χ2v) is 8.42. The average molecular weight is 386 g/mol. The maximum absolute atomic E-state index is 12.9. The molecule has 6 nitrogen and oxygen atoms in total. The molecule has 0 saturated carbocycles. The van der Waals surface area contributed by atoms with Gasteiger partial charge in [-0.15, -0.1) is 0 Å². The molecule has 1 heterocycles. The third-order valence-corrected chi connectivity index (χ3v) is 5.00. The summed E-state index contributed by atoms with van der Waals surface area (Å²) in [6.45, 7) is 9.48. The summed E-state index contributed by atoms with van der Waals surface area (Å²) >= 11 is 0. The quantitative estimate of drug-likeness (QED) is 0.709. The zero-order valence-corrected chi connectivity index (χ0v) is 17.4. The smallest absolute Gasteiger partial charge is 0.395 e. The van der Waals surface area contributed by atoms with E-state index in [1.807, 2.05) is 25.1 Å². The molecule has 0 saturated heterocycles. The van der Waals surface area contributed by atoms with Crippen molar-refractivity contribution in [3.05, 3.63) is 35.5 Å². The summed E-state index contributed by atoms with van der Waals surface area (Å²) < 4.78 is 16.4. The molecule has 0 N–H and O–H groups in total. The lowest BCUT2D eigenvalue weighted by molar-refractivity contribution is -0.132. The van der Waals surface area contributed by atoms with Crippen LogP contribution < -0.4 is 4.74 Å². The normalized spacial score (nSPS) is 18.8. The second kappa shape index (κ2) is 8.35. The Morgan fingerprint density at radius 3 is 2.89 bits per heavy atom. The van der Waals surface area contributed by atoms with Gasteiger partial charge in [-0.25, -0.2) is 0 Å². The first-order valence-corrected chi connectivity index (χ1v) is 9.78. The van der Waals surface area contributed by atoms with Crippen LogP contribution in [0.1, 0.15) is 39.2 Å². The van der Waals surface area contributed by atoms with Gasteiger partial charge in [0.15, 0.2) is 12.2 Å². The predicted molar refractivity (Wildman–Crippen MR) is 108 cm³/mol. The molecule has 1 aliphatic carbocycles. The van der Waals surface area contributed by atoms with Crippen LogP contribution >= 0.6 is 0 Å². The van der Waals surface area contributed by atoms with E-state index in [0.717, 1.165) is 29.6 Å². The standard InChI is InChI=1S/C22H30N2O4/c1-15-6-7-19-18(11-15)23-21(28-19)27-14-20(25)24(8-9-26-5)17-10-16(2)12-22(3,4)13-17/h6-7,11,13,16H,8-10,12,14H2,1-5H3. The Kier molecular flexibility index (Phi) is 6.08. The maximum Gasteiger partial charge on any atom is 0.395 e. The highest BCUT2D eigenvalue weighted by Gasteiger charge is 2.30. The van der Waals surface area contributed by atoms with E-state index in [1.165, 1.54) is 0 Å². The highest BCUT2D eigenvalue weighted by Crippen LogP contribution is 2.37. The second-order valence-electron chi connectivity index (χ2n) is 8.42. The number of nitrogens with zero attached hydrogens (tertiary/aromatic N) is 2. The fourth-order valence-electron chi connectivity index (χ4n) is 3.97. The Labute approximate surface area is 166 Å². The largest absolute Gasteiger partial charge is 0.440 e. The van der Waals surface area contributed by atoms with Crippen molar-refractivity contribution in [3.8, 4) is 6.08 Å². The van der Waals surface area contributed by atoms with Crippen LogP contribution in [-0.4, -0.2) is 42.7 Å². The van der Waals surface area contributed by atoms with Gasteiger partial charge in [0.25, 0.3) is 5.91 Å². The van der Waals surface area contributed by atoms with Crippen LogP contribution in [0.25, 0.3) is 11.1 Å². The number of fused-ring (bicyclic) bond motifs is 1. The van der Waals surface area contributed by atoms with Gasteiger partial charge in [-0.05, 0) is 48.8 Å². The lowest BCUT2D eigenvalue weighted by Crippen LogP contribution is -2.39. The summed E-state index contributed by atoms with van der Waals surface area (Å²) in [7, 11) is 1.64. The summed E-state index contributed by atoms with van der Waals surface area (Å²) in [4.78, 5) is 19.0. The molecule has 1 amide bonds. The molecule has 152 valence electrons. The number of aromatic nitrogens is 1. The summed E-state index contributed by atoms with van der Waals surface area (Å²) in [5.41, 5.74) is 3.58. The van der Waals surface area contributed by atoms with Crippen LogP contribution in [0.15, 0.2) is 34.4 Å². The lowest BCUT2D eigenvalue weighted by Gasteiger charge is -2.36. The van der Waals surface area contributed by atoms with E-state index < -0.39 is 0 Å². The van der Waals surface area contributed by atoms with E-state index in [-0.39, 0.29) is 24.0 Å². The van der Waals surface area contributed by atoms with Gasteiger partial charge in [-0.1, -0.05) is 32.9 Å². The number of carbonyl (C=O) groups excluding carboxylic acids is 1. The molecular weight excluding hydrogens is 356 g/mol. The minimum atomic E-state index is -0.123. The number of allylic oxidation sites excluding steroid dienone is 2. The highest BCUT2D eigenvalue weighted by atomic mass is 16.6. The van der Waals surface area contributed by atoms with Crippen LogP contribution in [0.3, 0.4) is 0 Å². The average Bonchev–Trinajstić information content (AvgIpc) is 3.00. The Bertz CT molecular complexity index is 869. The summed E-state index contributed by atoms with van der Waals surface area (Å²) in [6.07, 6.45) is 4.32. The van der Waals surface area contributed by atoms with E-state index in [4.69, 9.17) is 13.9 Å². The SMILES string of the molecule is COCCN(C(=O)COc1nc2cc(C)ccc2o1)C1=CC(C)(C)CC(C)C1. The zero-order valence-electron chi connectivity index (χ0n) is 17.4. The van der Waals surface area contributed by atoms with Gasteiger partial charge in [0.2, 0.25) is 0 Å². The number of benzene rings is 1. The summed E-state index contributed by atoms with van der Waals surface area (Å²) in [5, 5.41) is 0. The van der Waals surface area contributed by atoms with E-state index in [9.17, 15) is 4.79 Å². The summed E-state index contributed by atoms with van der Waals surface area (Å²) in [6, 6.07) is 5.73. The number of aryl methyl sites for hydroxylation is 1. The molecule has 1 aromatic carbocycles. The van der Waals surface area contributed by atoms with Crippen LogP contribution in [0.5, 0.6) is 6.08 Å². The number of hydrogen-bond donors (Lipinski definition) is 0. The van der Waals surface area contributed by atoms with Gasteiger partial charge in [0.1, 0.15) is 5.52 Å². The third-order valence-electron chi connectivity index (χ3n) is 5.00. The number of methoxy groups -OCH3 is 1. The van der Waals surface area contributed by atoms with Crippen LogP contribution in [0.2, 0.25) is 0 Å². The van der Waals surface area contributed by atoms with Crippen LogP contribution in [-0.2, 0) is 9.53 Å². The molecule has 2 aromatic rings. The molecule has 3 rings (SSSR count). The van der Waals surface area contributed by atoms with Crippen molar-refractivity contribution < 1.29 is 18.7 Å². The van der Waals surface area contributed by atoms with E-state index in [1.54, 1.807) is 12.0 Å². The zero-order chi connectivity index (χ0) is 20.3. The van der Waals surface area contributed by atoms with Gasteiger partial charge in [-0.2, -0.15) is 4.98 Å². The van der Waals surface area contributed by atoms with Gasteiger partial charge < -0.3 is 18.8 Å². The first kappa shape index (κ1) is 20.4. The number of oxazole rings is 1. The van der Waals surface area contributed by atoms with Crippen LogP contribution in [0.4, 0.5) is 0 Å². The molecule has 0 radical (unpaired) electrons. The van der Waals surface area contributed by atoms with Gasteiger partial charge in [0.05, 0.1) is 6.61 Å². The van der Waals surface area contributed by atoms with Crippen molar-refractivity contribution >= 4 is 17.0 Å². The minimum absolute atomic E-state index is 0.0671. The topological polar surface area (TPSA) is 64.8 Å². The molecule has 0 spiro atoms. The molecular formula is C22H30N2O4. The number of ether oxygens (including phenoxy) is 2. The molecule has 28 heavy (non-hydrogen) atoms. The minimum Gasteiger partial charge on any atom is -0.440 e. The van der Waals surface area contributed by atoms with E-state index in [2.05, 4.69) is 31.8 Å². The highest BCUT2D eigenvalue weighted by molar-refractivity contribution is 5.80. The van der Waals surface area contributed by atoms with Gasteiger partial charge in [0, 0.05) is 19.4 Å². The van der Waals surface area contributed by atoms with Crippen molar-refractivity contribution in [3.63, 3.8) is 0 Å². The molecule has 1 aliphatic rings. The van der Waals surface area contributed by atoms with Crippen molar-refractivity contribution in [2.45, 2.75) is 40.5 Å². The fraction of sp³-hybridized carbons (Fsp3) is 0.545. The summed E-state index contributed by atoms with van der Waals surface area (Å²) in [5.74, 6) is 0.403. The Balaban J connectivity index is 1.72. The monoisotopic (exact) mass is 386 g/mol. The van der Waals surface area contributed by atoms with Crippen molar-refractivity contribution in [2.75, 3.05) is 26.9 Å². The molecule has 6 heteroatoms. The van der Waals surface area contributed by atoms with E-state index >= 15 is 0 Å². The number of hydrogen-bond acceptors (Lipinski definition) is 5. The molecule has 1 atom stereocenters. The predicted octanol–water partition coefficient (Wildman–Crippen LogP) is 4.33. The number of amides is 1. The van der Waals surface area contributed by atoms with Gasteiger partial charge >= 0.3 is 6.08 Å². The molecule has 0 fully saturated rings. The first-order chi connectivity index (χ1) is 13.3. The molecule has 1 aromatic heterocycles. The van der Waals surface area contributed by atoms with Crippen LogP contribution in [0, 0.1) is 18.3 Å². The Morgan fingerprint density at radius 1 is 1.39 bits per heavy atom. The van der Waals surface area contributed by atoms with Crippen molar-refractivity contribution in [1.82, 2.24) is 9.88 Å². The lowest BCUT2D eigenvalue weighted by atomic mass is 9.76. The van der Waals surface area contributed by atoms with Crippen molar-refractivity contribution in [2.24, 2.45) is 11.3 Å². The fourth-order valence-corrected chi connectivity index (χ4v) is 3.97. The molecule has 0 aliphatic heterocycles. The van der Waals surface area contributed by atoms with E-state index in [0.29, 0.717) is 24.7 Å². The first-order valence-electron chi connectivity index (χ1n) is 9.78. The maximum atomic E-state index is 12.9. The Morgan fingerprint density at radius 2 is 2.18 bits per heavy atom.